The fraction of sp³-hybridized carbons (Fsp3) is 0.500. The van der Waals surface area contributed by atoms with Crippen LogP contribution in [-0.2, 0) is 25.2 Å². The van der Waals surface area contributed by atoms with Gasteiger partial charge in [0.2, 0.25) is 11.8 Å². The molecule has 2 rings (SSSR count). The normalized spacial score (nSPS) is 24.3. The number of hydrogen-bond donors (Lipinski definition) is 2. The van der Waals surface area contributed by atoms with Crippen LogP contribution < -0.4 is 40.0 Å². The molecule has 8 nitrogen and oxygen atoms in total. The van der Waals surface area contributed by atoms with Crippen LogP contribution in [0.25, 0.3) is 0 Å². The molecule has 2 aliphatic rings. The molecule has 2 heterocycles. The molecule has 0 aliphatic carbocycles. The third-order valence-electron chi connectivity index (χ3n) is 3.79. The van der Waals surface area contributed by atoms with Crippen LogP contribution in [0.15, 0.2) is 22.2 Å². The van der Waals surface area contributed by atoms with Gasteiger partial charge in [0.25, 0.3) is 0 Å². The summed E-state index contributed by atoms with van der Waals surface area (Å²) in [6.45, 7) is 4.21. The van der Waals surface area contributed by atoms with Crippen LogP contribution in [0.5, 0.6) is 0 Å². The summed E-state index contributed by atoms with van der Waals surface area (Å²) in [6, 6.07) is -0.552. The summed E-state index contributed by atoms with van der Waals surface area (Å²) in [7, 11) is -1.83. The van der Waals surface area contributed by atoms with Crippen LogP contribution in [0, 0.1) is 5.92 Å². The minimum atomic E-state index is -1.83. The van der Waals surface area contributed by atoms with E-state index in [1.807, 2.05) is 0 Å². The van der Waals surface area contributed by atoms with E-state index < -0.39 is 45.9 Å². The number of carbonyl (C=O) groups is 3. The number of aliphatic hydroxyl groups is 1. The second-order valence-electron chi connectivity index (χ2n) is 5.97. The number of rotatable bonds is 5. The minimum absolute atomic E-state index is 0. The quantitative estimate of drug-likeness (QED) is 0.373. The number of carboxylic acid groups (broad SMARTS) is 1. The summed E-state index contributed by atoms with van der Waals surface area (Å²) in [5.41, 5.74) is -1.72. The molecule has 1 fully saturated rings. The van der Waals surface area contributed by atoms with Gasteiger partial charge in [0.1, 0.15) is 0 Å². The number of amides is 2. The van der Waals surface area contributed by atoms with E-state index >= 15 is 0 Å². The van der Waals surface area contributed by atoms with Gasteiger partial charge in [-0.1, -0.05) is 0 Å². The molecule has 2 amide bonds. The Morgan fingerprint density at radius 1 is 1.46 bits per heavy atom. The summed E-state index contributed by atoms with van der Waals surface area (Å²) in [5, 5.41) is 24.8. The van der Waals surface area contributed by atoms with Crippen LogP contribution in [0.4, 0.5) is 0 Å². The molecule has 2 N–H and O–H groups in total. The van der Waals surface area contributed by atoms with Crippen LogP contribution in [0.3, 0.4) is 0 Å². The zero-order valence-corrected chi connectivity index (χ0v) is 16.7. The van der Waals surface area contributed by atoms with Crippen LogP contribution in [0.2, 0.25) is 0 Å². The first-order valence-corrected chi connectivity index (χ1v) is 8.11. The number of nitrogens with zero attached hydrogens (tertiary/aromatic N) is 1. The van der Waals surface area contributed by atoms with Gasteiger partial charge in [0.05, 0.1) is 40.0 Å². The molecule has 0 aromatic carbocycles. The van der Waals surface area contributed by atoms with Gasteiger partial charge < -0.3 is 25.2 Å². The van der Waals surface area contributed by atoms with E-state index in [9.17, 15) is 28.8 Å². The van der Waals surface area contributed by atoms with E-state index in [0.29, 0.717) is 0 Å². The first-order valence-electron chi connectivity index (χ1n) is 6.90. The molecule has 0 saturated carbocycles. The van der Waals surface area contributed by atoms with Crippen molar-refractivity contribution in [2.75, 3.05) is 0 Å². The Kier molecular flexibility index (Phi) is 6.56. The standard InChI is InChI=1S/C14H18N2O6S.Na/c1-7(17)15-4-5-23(22)9-6-8-10(14(2,3)21)12(18)16(8)11(9)13(19)20;/h4-5,8,10,21H,6H2,1-3H3,(H,15,17)(H,19,20);/q;+1/p-1/b5-4-;/t8-,10+,23?;/m1./s1. The number of carboxylic acids is 1. The van der Waals surface area contributed by atoms with Gasteiger partial charge in [-0.25, -0.2) is 4.21 Å². The molecular formula is C14H17N2NaO6S. The second kappa shape index (κ2) is 7.49. The van der Waals surface area contributed by atoms with Crippen LogP contribution in [0.1, 0.15) is 27.2 Å². The van der Waals surface area contributed by atoms with Crippen molar-refractivity contribution in [2.24, 2.45) is 5.92 Å². The van der Waals surface area contributed by atoms with E-state index in [4.69, 9.17) is 0 Å². The Balaban J connectivity index is 0.00000288. The summed E-state index contributed by atoms with van der Waals surface area (Å²) in [5.74, 6) is -3.24. The van der Waals surface area contributed by atoms with E-state index in [-0.39, 0.29) is 46.8 Å². The molecule has 24 heavy (non-hydrogen) atoms. The summed E-state index contributed by atoms with van der Waals surface area (Å²) in [4.78, 5) is 35.3. The van der Waals surface area contributed by atoms with Crippen molar-refractivity contribution in [1.82, 2.24) is 10.2 Å². The summed E-state index contributed by atoms with van der Waals surface area (Å²) < 4.78 is 12.2. The molecule has 0 aromatic heterocycles. The van der Waals surface area contributed by atoms with Gasteiger partial charge in [0.15, 0.2) is 0 Å². The molecule has 0 bridgehead atoms. The number of hydrogen-bond acceptors (Lipinski definition) is 6. The minimum Gasteiger partial charge on any atom is -0.543 e. The molecular weight excluding hydrogens is 347 g/mol. The molecule has 126 valence electrons. The van der Waals surface area contributed by atoms with Crippen molar-refractivity contribution < 1.29 is 58.4 Å². The first kappa shape index (κ1) is 21.0. The van der Waals surface area contributed by atoms with Gasteiger partial charge in [0, 0.05) is 29.9 Å². The number of aliphatic carboxylic acids is 1. The zero-order chi connectivity index (χ0) is 17.5. The van der Waals surface area contributed by atoms with Gasteiger partial charge in [-0.3, -0.25) is 9.59 Å². The average Bonchev–Trinajstić information content (AvgIpc) is 2.71. The Bertz CT molecular complexity index is 667. The topological polar surface area (TPSA) is 127 Å². The van der Waals surface area contributed by atoms with Crippen molar-refractivity contribution in [2.45, 2.75) is 38.8 Å². The predicted molar refractivity (Wildman–Crippen MR) is 78.2 cm³/mol. The molecule has 1 unspecified atom stereocenters. The SMILES string of the molecule is CC(=O)N/C=C\S(=O)C1=C(C(=O)[O-])N2C(=O)[C@@H](C(C)(C)O)[C@H]2C1.[Na+]. The van der Waals surface area contributed by atoms with Gasteiger partial charge in [-0.15, -0.1) is 0 Å². The van der Waals surface area contributed by atoms with Crippen molar-refractivity contribution in [3.63, 3.8) is 0 Å². The third kappa shape index (κ3) is 3.80. The number of fused-ring (bicyclic) bond motifs is 1. The number of nitrogens with one attached hydrogen (secondary N) is 1. The van der Waals surface area contributed by atoms with E-state index in [1.54, 1.807) is 0 Å². The Morgan fingerprint density at radius 2 is 2.04 bits per heavy atom. The fourth-order valence-electron chi connectivity index (χ4n) is 2.91. The predicted octanol–water partition coefficient (Wildman–Crippen LogP) is -4.69. The van der Waals surface area contributed by atoms with E-state index in [0.717, 1.165) is 16.5 Å². The molecule has 2 aliphatic heterocycles. The van der Waals surface area contributed by atoms with Crippen LogP contribution in [-0.4, -0.2) is 43.6 Å². The maximum absolute atomic E-state index is 12.2. The third-order valence-corrected chi connectivity index (χ3v) is 5.02. The van der Waals surface area contributed by atoms with Crippen molar-refractivity contribution in [3.8, 4) is 0 Å². The Hall–Kier alpha value is -1.00. The van der Waals surface area contributed by atoms with Crippen molar-refractivity contribution >= 4 is 28.6 Å². The molecule has 3 atom stereocenters. The van der Waals surface area contributed by atoms with Gasteiger partial charge >= 0.3 is 29.6 Å². The average molecular weight is 364 g/mol. The second-order valence-corrected chi connectivity index (χ2v) is 7.33. The largest absolute Gasteiger partial charge is 1.00 e. The van der Waals surface area contributed by atoms with Gasteiger partial charge in [-0.2, -0.15) is 0 Å². The number of β-lactam (4-membered cyclic amide) rings is 1. The first-order chi connectivity index (χ1) is 10.6. The van der Waals surface area contributed by atoms with E-state index in [2.05, 4.69) is 5.32 Å². The molecule has 0 spiro atoms. The fourth-order valence-corrected chi connectivity index (χ4v) is 3.97. The molecule has 0 aromatic rings. The van der Waals surface area contributed by atoms with Crippen molar-refractivity contribution in [3.05, 3.63) is 22.2 Å². The summed E-state index contributed by atoms with van der Waals surface area (Å²) in [6.07, 6.45) is 1.23. The molecule has 0 radical (unpaired) electrons. The Morgan fingerprint density at radius 3 is 2.50 bits per heavy atom. The van der Waals surface area contributed by atoms with Crippen molar-refractivity contribution in [1.29, 1.82) is 0 Å². The maximum atomic E-state index is 12.2. The maximum Gasteiger partial charge on any atom is 1.00 e. The van der Waals surface area contributed by atoms with E-state index in [1.165, 1.54) is 20.8 Å². The van der Waals surface area contributed by atoms with Crippen LogP contribution >= 0.6 is 0 Å². The zero-order valence-electron chi connectivity index (χ0n) is 13.9. The smallest absolute Gasteiger partial charge is 0.543 e. The summed E-state index contributed by atoms with van der Waals surface area (Å²) >= 11 is 0. The Labute approximate surface area is 163 Å². The number of carbonyl (C=O) groups excluding carboxylic acids is 3. The molecule has 1 saturated heterocycles. The monoisotopic (exact) mass is 364 g/mol. The molecule has 10 heteroatoms. The van der Waals surface area contributed by atoms with Gasteiger partial charge in [-0.05, 0) is 13.8 Å².